The smallest absolute Gasteiger partial charge is 0.0891 e. The van der Waals surface area contributed by atoms with Crippen LogP contribution in [0.1, 0.15) is 26.2 Å². The van der Waals surface area contributed by atoms with E-state index in [4.69, 9.17) is 18.0 Å². The highest BCUT2D eigenvalue weighted by Crippen LogP contribution is 1.90. The zero-order chi connectivity index (χ0) is 7.82. The molecule has 2 nitrogen and oxygen atoms in total. The normalized spacial score (nSPS) is 9.40. The molecule has 0 saturated heterocycles. The molecule has 0 aliphatic rings. The van der Waals surface area contributed by atoms with Gasteiger partial charge in [-0.05, 0) is 6.42 Å². The first-order chi connectivity index (χ1) is 4.81. The van der Waals surface area contributed by atoms with Gasteiger partial charge < -0.3 is 11.1 Å². The van der Waals surface area contributed by atoms with Crippen molar-refractivity contribution >= 4 is 17.2 Å². The van der Waals surface area contributed by atoms with Crippen LogP contribution in [-0.4, -0.2) is 18.1 Å². The predicted octanol–water partition coefficient (Wildman–Crippen LogP) is 1.05. The van der Waals surface area contributed by atoms with Gasteiger partial charge in [-0.1, -0.05) is 32.0 Å². The standard InChI is InChI=1S/C7H16N2S/c1-2-3-4-5-9-7(10)6-8/h2-6,8H2,1H3,(H,9,10). The fourth-order valence-electron chi connectivity index (χ4n) is 0.675. The lowest BCUT2D eigenvalue weighted by atomic mass is 10.2. The molecular formula is C7H16N2S. The zero-order valence-corrected chi connectivity index (χ0v) is 7.34. The maximum Gasteiger partial charge on any atom is 0.0891 e. The molecule has 0 aromatic carbocycles. The lowest BCUT2D eigenvalue weighted by Gasteiger charge is -2.03. The summed E-state index contributed by atoms with van der Waals surface area (Å²) in [5.41, 5.74) is 5.28. The van der Waals surface area contributed by atoms with Crippen LogP contribution in [0.25, 0.3) is 0 Å². The summed E-state index contributed by atoms with van der Waals surface area (Å²) in [6.45, 7) is 3.63. The fraction of sp³-hybridized carbons (Fsp3) is 0.857. The molecule has 10 heavy (non-hydrogen) atoms. The van der Waals surface area contributed by atoms with Crippen LogP contribution in [0.3, 0.4) is 0 Å². The number of nitrogens with one attached hydrogen (secondary N) is 1. The maximum atomic E-state index is 5.28. The number of hydrogen-bond donors (Lipinski definition) is 2. The summed E-state index contributed by atoms with van der Waals surface area (Å²) in [6.07, 6.45) is 3.70. The van der Waals surface area contributed by atoms with Crippen LogP contribution < -0.4 is 11.1 Å². The number of thiocarbonyl (C=S) groups is 1. The van der Waals surface area contributed by atoms with E-state index < -0.39 is 0 Å². The fourth-order valence-corrected chi connectivity index (χ4v) is 0.777. The third-order valence-electron chi connectivity index (χ3n) is 1.29. The van der Waals surface area contributed by atoms with E-state index in [-0.39, 0.29) is 0 Å². The van der Waals surface area contributed by atoms with E-state index in [9.17, 15) is 0 Å². The van der Waals surface area contributed by atoms with Crippen molar-refractivity contribution < 1.29 is 0 Å². The highest BCUT2D eigenvalue weighted by atomic mass is 32.1. The molecule has 0 bridgehead atoms. The van der Waals surface area contributed by atoms with Crippen LogP contribution in [0, 0.1) is 0 Å². The van der Waals surface area contributed by atoms with Crippen LogP contribution >= 0.6 is 12.2 Å². The van der Waals surface area contributed by atoms with Gasteiger partial charge in [0.1, 0.15) is 0 Å². The Morgan fingerprint density at radius 2 is 2.20 bits per heavy atom. The Bertz CT molecular complexity index is 93.6. The molecule has 3 heteroatoms. The van der Waals surface area contributed by atoms with Crippen molar-refractivity contribution in [3.8, 4) is 0 Å². The van der Waals surface area contributed by atoms with E-state index in [2.05, 4.69) is 12.2 Å². The molecule has 0 aromatic heterocycles. The molecule has 60 valence electrons. The molecule has 3 N–H and O–H groups in total. The summed E-state index contributed by atoms with van der Waals surface area (Å²) in [5.74, 6) is 0. The Hall–Kier alpha value is -0.150. The first-order valence-corrected chi connectivity index (χ1v) is 4.18. The van der Waals surface area contributed by atoms with Crippen molar-refractivity contribution in [2.75, 3.05) is 13.1 Å². The van der Waals surface area contributed by atoms with Gasteiger partial charge in [-0.25, -0.2) is 0 Å². The molecule has 0 aliphatic heterocycles. The molecule has 0 heterocycles. The molecule has 0 amide bonds. The molecular weight excluding hydrogens is 144 g/mol. The molecule has 0 fully saturated rings. The molecule has 0 aliphatic carbocycles. The van der Waals surface area contributed by atoms with Gasteiger partial charge in [0.15, 0.2) is 0 Å². The quantitative estimate of drug-likeness (QED) is 0.466. The first-order valence-electron chi connectivity index (χ1n) is 3.78. The van der Waals surface area contributed by atoms with Gasteiger partial charge in [-0.2, -0.15) is 0 Å². The van der Waals surface area contributed by atoms with Crippen LogP contribution in [-0.2, 0) is 0 Å². The maximum absolute atomic E-state index is 5.28. The van der Waals surface area contributed by atoms with E-state index in [1.165, 1.54) is 19.3 Å². The number of hydrogen-bond acceptors (Lipinski definition) is 2. The van der Waals surface area contributed by atoms with Crippen LogP contribution in [0.5, 0.6) is 0 Å². The average molecular weight is 160 g/mol. The van der Waals surface area contributed by atoms with Gasteiger partial charge in [-0.3, -0.25) is 0 Å². The lowest BCUT2D eigenvalue weighted by Crippen LogP contribution is -2.29. The third kappa shape index (κ3) is 5.98. The minimum absolute atomic E-state index is 0.474. The van der Waals surface area contributed by atoms with Gasteiger partial charge in [0, 0.05) is 13.1 Å². The van der Waals surface area contributed by atoms with Crippen LogP contribution in [0.15, 0.2) is 0 Å². The van der Waals surface area contributed by atoms with E-state index >= 15 is 0 Å². The lowest BCUT2D eigenvalue weighted by molar-refractivity contribution is 0.696. The second kappa shape index (κ2) is 6.96. The summed E-state index contributed by atoms with van der Waals surface area (Å²) in [6, 6.07) is 0. The summed E-state index contributed by atoms with van der Waals surface area (Å²) in [4.78, 5) is 0.774. The van der Waals surface area contributed by atoms with E-state index in [1.54, 1.807) is 0 Å². The summed E-state index contributed by atoms with van der Waals surface area (Å²) < 4.78 is 0. The molecule has 0 rings (SSSR count). The summed E-state index contributed by atoms with van der Waals surface area (Å²) in [7, 11) is 0. The largest absolute Gasteiger partial charge is 0.379 e. The Kier molecular flexibility index (Phi) is 6.86. The van der Waals surface area contributed by atoms with E-state index in [1.807, 2.05) is 0 Å². The molecule has 0 aromatic rings. The van der Waals surface area contributed by atoms with Gasteiger partial charge in [0.25, 0.3) is 0 Å². The number of nitrogens with two attached hydrogens (primary N) is 1. The van der Waals surface area contributed by atoms with Gasteiger partial charge in [0.05, 0.1) is 4.99 Å². The SMILES string of the molecule is CCCCCNC(=S)CN. The predicted molar refractivity (Wildman–Crippen MR) is 49.2 cm³/mol. The second-order valence-corrected chi connectivity index (χ2v) is 2.75. The second-order valence-electron chi connectivity index (χ2n) is 2.26. The molecule has 0 saturated carbocycles. The van der Waals surface area contributed by atoms with Crippen molar-refractivity contribution in [3.63, 3.8) is 0 Å². The summed E-state index contributed by atoms with van der Waals surface area (Å²) >= 11 is 4.87. The Morgan fingerprint density at radius 3 is 2.70 bits per heavy atom. The minimum Gasteiger partial charge on any atom is -0.379 e. The first kappa shape index (κ1) is 9.85. The molecule has 0 atom stereocenters. The highest BCUT2D eigenvalue weighted by molar-refractivity contribution is 7.80. The zero-order valence-electron chi connectivity index (χ0n) is 6.52. The van der Waals surface area contributed by atoms with Crippen LogP contribution in [0.4, 0.5) is 0 Å². The van der Waals surface area contributed by atoms with Gasteiger partial charge in [0.2, 0.25) is 0 Å². The molecule has 0 spiro atoms. The summed E-state index contributed by atoms with van der Waals surface area (Å²) in [5, 5.41) is 3.07. The monoisotopic (exact) mass is 160 g/mol. The van der Waals surface area contributed by atoms with Crippen molar-refractivity contribution in [3.05, 3.63) is 0 Å². The van der Waals surface area contributed by atoms with Gasteiger partial charge >= 0.3 is 0 Å². The topological polar surface area (TPSA) is 38.0 Å². The highest BCUT2D eigenvalue weighted by Gasteiger charge is 1.89. The van der Waals surface area contributed by atoms with Crippen LogP contribution in [0.2, 0.25) is 0 Å². The van der Waals surface area contributed by atoms with Gasteiger partial charge in [-0.15, -0.1) is 0 Å². The molecule has 0 radical (unpaired) electrons. The average Bonchev–Trinajstić information content (AvgIpc) is 1.98. The third-order valence-corrected chi connectivity index (χ3v) is 1.60. The number of rotatable bonds is 5. The van der Waals surface area contributed by atoms with Crippen molar-refractivity contribution in [1.29, 1.82) is 0 Å². The van der Waals surface area contributed by atoms with E-state index in [0.717, 1.165) is 11.5 Å². The minimum atomic E-state index is 0.474. The van der Waals surface area contributed by atoms with Crippen molar-refractivity contribution in [2.24, 2.45) is 5.73 Å². The van der Waals surface area contributed by atoms with Crippen molar-refractivity contribution in [2.45, 2.75) is 26.2 Å². The van der Waals surface area contributed by atoms with E-state index in [0.29, 0.717) is 6.54 Å². The van der Waals surface area contributed by atoms with Crippen molar-refractivity contribution in [1.82, 2.24) is 5.32 Å². The molecule has 0 unspecified atom stereocenters. The Morgan fingerprint density at radius 1 is 1.50 bits per heavy atom. The number of unbranched alkanes of at least 4 members (excludes halogenated alkanes) is 2. The Labute approximate surface area is 68.2 Å². The Balaban J connectivity index is 2.96.